The molecule has 0 heterocycles. The summed E-state index contributed by atoms with van der Waals surface area (Å²) in [5.41, 5.74) is 0.591. The monoisotopic (exact) mass is 293 g/mol. The number of carbonyl (C=O) groups is 2. The number of carboxylic acids is 1. The van der Waals surface area contributed by atoms with E-state index in [0.29, 0.717) is 18.6 Å². The van der Waals surface area contributed by atoms with E-state index >= 15 is 0 Å². The number of amides is 1. The van der Waals surface area contributed by atoms with Crippen molar-refractivity contribution in [3.63, 3.8) is 0 Å². The highest BCUT2D eigenvalue weighted by atomic mass is 32.2. The third kappa shape index (κ3) is 4.27. The number of nitrogens with one attached hydrogen (secondary N) is 1. The molecule has 2 N–H and O–H groups in total. The molecule has 108 valence electrons. The summed E-state index contributed by atoms with van der Waals surface area (Å²) in [6.07, 6.45) is 2.28. The molecule has 1 amide bonds. The molecule has 0 spiro atoms. The van der Waals surface area contributed by atoms with Crippen LogP contribution in [0.5, 0.6) is 0 Å². The molecule has 0 unspecified atom stereocenters. The van der Waals surface area contributed by atoms with Gasteiger partial charge in [-0.2, -0.15) is 11.8 Å². The Morgan fingerprint density at radius 2 is 1.95 bits per heavy atom. The third-order valence-corrected chi connectivity index (χ3v) is 4.50. The Hall–Kier alpha value is -1.49. The van der Waals surface area contributed by atoms with Crippen LogP contribution in [0, 0.1) is 5.41 Å². The maximum Gasteiger partial charge on any atom is 0.311 e. The molecule has 0 aromatic heterocycles. The van der Waals surface area contributed by atoms with Gasteiger partial charge in [0.2, 0.25) is 5.91 Å². The minimum atomic E-state index is -0.797. The second-order valence-electron chi connectivity index (χ2n) is 5.15. The number of rotatable bonds is 8. The van der Waals surface area contributed by atoms with Crippen LogP contribution < -0.4 is 5.32 Å². The van der Waals surface area contributed by atoms with E-state index in [1.807, 2.05) is 18.2 Å². The molecular formula is C15H19NO3S. The molecule has 1 saturated carbocycles. The SMILES string of the molecule is O=C(CSCCc1ccccc1)NCC1(C(=O)O)CC1. The van der Waals surface area contributed by atoms with Crippen LogP contribution in [0.15, 0.2) is 30.3 Å². The lowest BCUT2D eigenvalue weighted by molar-refractivity contribution is -0.143. The van der Waals surface area contributed by atoms with E-state index in [0.717, 1.165) is 12.2 Å². The smallest absolute Gasteiger partial charge is 0.311 e. The Kier molecular flexibility index (Phi) is 5.06. The van der Waals surface area contributed by atoms with E-state index in [1.165, 1.54) is 5.56 Å². The van der Waals surface area contributed by atoms with Gasteiger partial charge < -0.3 is 10.4 Å². The number of aryl methyl sites for hydroxylation is 1. The van der Waals surface area contributed by atoms with Crippen molar-refractivity contribution in [2.45, 2.75) is 19.3 Å². The molecule has 4 nitrogen and oxygen atoms in total. The van der Waals surface area contributed by atoms with Gasteiger partial charge in [-0.05, 0) is 30.6 Å². The van der Waals surface area contributed by atoms with Crippen LogP contribution in [0.25, 0.3) is 0 Å². The van der Waals surface area contributed by atoms with Gasteiger partial charge in [0, 0.05) is 6.54 Å². The largest absolute Gasteiger partial charge is 0.481 e. The van der Waals surface area contributed by atoms with Gasteiger partial charge in [0.1, 0.15) is 0 Å². The zero-order chi connectivity index (χ0) is 14.4. The van der Waals surface area contributed by atoms with Crippen molar-refractivity contribution in [3.05, 3.63) is 35.9 Å². The zero-order valence-electron chi connectivity index (χ0n) is 11.3. The fourth-order valence-electron chi connectivity index (χ4n) is 1.94. The lowest BCUT2D eigenvalue weighted by atomic mass is 10.1. The first-order chi connectivity index (χ1) is 9.62. The summed E-state index contributed by atoms with van der Waals surface area (Å²) in [6, 6.07) is 10.1. The number of hydrogen-bond donors (Lipinski definition) is 2. The molecule has 2 rings (SSSR count). The van der Waals surface area contributed by atoms with Gasteiger partial charge in [-0.15, -0.1) is 0 Å². The van der Waals surface area contributed by atoms with E-state index in [9.17, 15) is 9.59 Å². The number of carbonyl (C=O) groups excluding carboxylic acids is 1. The zero-order valence-corrected chi connectivity index (χ0v) is 12.1. The Bertz CT molecular complexity index is 471. The molecule has 0 radical (unpaired) electrons. The predicted molar refractivity (Wildman–Crippen MR) is 79.8 cm³/mol. The van der Waals surface area contributed by atoms with Crippen LogP contribution in [0.2, 0.25) is 0 Å². The van der Waals surface area contributed by atoms with Crippen LogP contribution in [-0.2, 0) is 16.0 Å². The Balaban J connectivity index is 1.58. The van der Waals surface area contributed by atoms with Crippen molar-refractivity contribution >= 4 is 23.6 Å². The van der Waals surface area contributed by atoms with E-state index in [4.69, 9.17) is 5.11 Å². The second kappa shape index (κ2) is 6.79. The molecule has 1 aromatic rings. The van der Waals surface area contributed by atoms with E-state index in [2.05, 4.69) is 17.4 Å². The van der Waals surface area contributed by atoms with Gasteiger partial charge in [-0.1, -0.05) is 30.3 Å². The van der Waals surface area contributed by atoms with E-state index < -0.39 is 11.4 Å². The minimum Gasteiger partial charge on any atom is -0.481 e. The van der Waals surface area contributed by atoms with Crippen molar-refractivity contribution in [3.8, 4) is 0 Å². The molecule has 0 aliphatic heterocycles. The molecule has 0 bridgehead atoms. The molecule has 1 aliphatic rings. The molecule has 20 heavy (non-hydrogen) atoms. The highest BCUT2D eigenvalue weighted by molar-refractivity contribution is 7.99. The quantitative estimate of drug-likeness (QED) is 0.719. The molecule has 5 heteroatoms. The summed E-state index contributed by atoms with van der Waals surface area (Å²) < 4.78 is 0. The third-order valence-electron chi connectivity index (χ3n) is 3.54. The topological polar surface area (TPSA) is 66.4 Å². The Morgan fingerprint density at radius 1 is 1.25 bits per heavy atom. The Morgan fingerprint density at radius 3 is 2.55 bits per heavy atom. The van der Waals surface area contributed by atoms with Crippen molar-refractivity contribution in [2.24, 2.45) is 5.41 Å². The van der Waals surface area contributed by atoms with Crippen LogP contribution >= 0.6 is 11.8 Å². The first-order valence-electron chi connectivity index (χ1n) is 6.74. The first kappa shape index (κ1) is 14.9. The predicted octanol–water partition coefficient (Wildman–Crippen LogP) is 1.94. The van der Waals surface area contributed by atoms with Crippen LogP contribution in [0.4, 0.5) is 0 Å². The molecule has 1 fully saturated rings. The summed E-state index contributed by atoms with van der Waals surface area (Å²) in [5.74, 6) is 0.412. The van der Waals surface area contributed by atoms with Crippen molar-refractivity contribution < 1.29 is 14.7 Å². The average Bonchev–Trinajstić information content (AvgIpc) is 3.24. The normalized spacial score (nSPS) is 15.6. The number of hydrogen-bond acceptors (Lipinski definition) is 3. The average molecular weight is 293 g/mol. The van der Waals surface area contributed by atoms with Gasteiger partial charge >= 0.3 is 5.97 Å². The fraction of sp³-hybridized carbons (Fsp3) is 0.467. The molecule has 0 atom stereocenters. The van der Waals surface area contributed by atoms with Crippen molar-refractivity contribution in [1.29, 1.82) is 0 Å². The molecule has 1 aliphatic carbocycles. The highest BCUT2D eigenvalue weighted by Gasteiger charge is 2.50. The fourth-order valence-corrected chi connectivity index (χ4v) is 2.75. The molecule has 0 saturated heterocycles. The van der Waals surface area contributed by atoms with Crippen LogP contribution in [-0.4, -0.2) is 35.0 Å². The van der Waals surface area contributed by atoms with E-state index in [1.54, 1.807) is 11.8 Å². The Labute approximate surface area is 123 Å². The summed E-state index contributed by atoms with van der Waals surface area (Å²) >= 11 is 1.58. The second-order valence-corrected chi connectivity index (χ2v) is 6.26. The summed E-state index contributed by atoms with van der Waals surface area (Å²) in [5, 5.41) is 11.7. The maximum absolute atomic E-state index is 11.6. The van der Waals surface area contributed by atoms with Crippen LogP contribution in [0.1, 0.15) is 18.4 Å². The summed E-state index contributed by atoms with van der Waals surface area (Å²) in [7, 11) is 0. The molecule has 1 aromatic carbocycles. The van der Waals surface area contributed by atoms with Gasteiger partial charge in [0.15, 0.2) is 0 Å². The number of benzene rings is 1. The van der Waals surface area contributed by atoms with Gasteiger partial charge in [-0.25, -0.2) is 0 Å². The van der Waals surface area contributed by atoms with E-state index in [-0.39, 0.29) is 12.5 Å². The first-order valence-corrected chi connectivity index (χ1v) is 7.90. The lowest BCUT2D eigenvalue weighted by Crippen LogP contribution is -2.35. The van der Waals surface area contributed by atoms with Gasteiger partial charge in [-0.3, -0.25) is 9.59 Å². The number of aliphatic carboxylic acids is 1. The highest BCUT2D eigenvalue weighted by Crippen LogP contribution is 2.45. The standard InChI is InChI=1S/C15H19NO3S/c17-13(16-11-15(7-8-15)14(18)19)10-20-9-6-12-4-2-1-3-5-12/h1-5H,6-11H2,(H,16,17)(H,18,19). The lowest BCUT2D eigenvalue weighted by Gasteiger charge is -2.10. The summed E-state index contributed by atoms with van der Waals surface area (Å²) in [4.78, 5) is 22.6. The summed E-state index contributed by atoms with van der Waals surface area (Å²) in [6.45, 7) is 0.264. The number of thioether (sulfide) groups is 1. The van der Waals surface area contributed by atoms with Crippen molar-refractivity contribution in [1.82, 2.24) is 5.32 Å². The van der Waals surface area contributed by atoms with Crippen LogP contribution in [0.3, 0.4) is 0 Å². The van der Waals surface area contributed by atoms with Crippen molar-refractivity contribution in [2.75, 3.05) is 18.1 Å². The van der Waals surface area contributed by atoms with Gasteiger partial charge in [0.25, 0.3) is 0 Å². The number of carboxylic acid groups (broad SMARTS) is 1. The minimum absolute atomic E-state index is 0.0735. The molecular weight excluding hydrogens is 274 g/mol. The van der Waals surface area contributed by atoms with Gasteiger partial charge in [0.05, 0.1) is 11.2 Å². The maximum atomic E-state index is 11.6.